The highest BCUT2D eigenvalue weighted by Gasteiger charge is 2.17. The average Bonchev–Trinajstić information content (AvgIpc) is 3.10. The summed E-state index contributed by atoms with van der Waals surface area (Å²) in [6.45, 7) is 1.97. The van der Waals surface area contributed by atoms with Crippen LogP contribution < -0.4 is 5.32 Å². The molecule has 6 nitrogen and oxygen atoms in total. The van der Waals surface area contributed by atoms with Gasteiger partial charge in [-0.1, -0.05) is 35.0 Å². The number of methoxy groups -OCH3 is 1. The molecule has 0 unspecified atom stereocenters. The number of benzene rings is 2. The molecular formula is C18H15F2N3O3. The van der Waals surface area contributed by atoms with Crippen LogP contribution in [0.25, 0.3) is 11.4 Å². The molecule has 26 heavy (non-hydrogen) atoms. The van der Waals surface area contributed by atoms with Gasteiger partial charge in [0.05, 0.1) is 24.9 Å². The summed E-state index contributed by atoms with van der Waals surface area (Å²) in [6.07, 6.45) is 0. The number of hydrogen-bond acceptors (Lipinski definition) is 6. The second-order valence-electron chi connectivity index (χ2n) is 5.53. The fraction of sp³-hybridized carbons (Fsp3) is 0.167. The van der Waals surface area contributed by atoms with Gasteiger partial charge in [0.15, 0.2) is 0 Å². The molecule has 0 amide bonds. The van der Waals surface area contributed by atoms with Crippen molar-refractivity contribution in [1.82, 2.24) is 10.1 Å². The molecule has 1 N–H and O–H groups in total. The molecule has 0 bridgehead atoms. The van der Waals surface area contributed by atoms with E-state index in [1.54, 1.807) is 0 Å². The predicted molar refractivity (Wildman–Crippen MR) is 89.5 cm³/mol. The Labute approximate surface area is 147 Å². The minimum Gasteiger partial charge on any atom is -0.465 e. The molecule has 0 atom stereocenters. The van der Waals surface area contributed by atoms with Crippen LogP contribution in [0, 0.1) is 18.6 Å². The summed E-state index contributed by atoms with van der Waals surface area (Å²) in [5, 5.41) is 6.57. The molecule has 0 spiro atoms. The Hall–Kier alpha value is -3.29. The fourth-order valence-corrected chi connectivity index (χ4v) is 2.27. The number of nitrogens with one attached hydrogen (secondary N) is 1. The third-order valence-electron chi connectivity index (χ3n) is 3.67. The summed E-state index contributed by atoms with van der Waals surface area (Å²) in [7, 11) is 1.11. The van der Waals surface area contributed by atoms with E-state index in [1.165, 1.54) is 0 Å². The molecule has 3 rings (SSSR count). The van der Waals surface area contributed by atoms with Crippen LogP contribution in [0.3, 0.4) is 0 Å². The lowest BCUT2D eigenvalue weighted by molar-refractivity contribution is 0.0595. The van der Waals surface area contributed by atoms with Crippen molar-refractivity contribution in [3.05, 3.63) is 65.1 Å². The Morgan fingerprint density at radius 3 is 2.62 bits per heavy atom. The highest BCUT2D eigenvalue weighted by atomic mass is 19.1. The van der Waals surface area contributed by atoms with Crippen molar-refractivity contribution in [2.45, 2.75) is 13.5 Å². The number of carbonyl (C=O) groups is 1. The summed E-state index contributed by atoms with van der Waals surface area (Å²) >= 11 is 0. The second kappa shape index (κ2) is 7.30. The summed E-state index contributed by atoms with van der Waals surface area (Å²) in [6, 6.07) is 9.21. The fourth-order valence-electron chi connectivity index (χ4n) is 2.27. The van der Waals surface area contributed by atoms with E-state index in [9.17, 15) is 13.6 Å². The minimum atomic E-state index is -1.00. The van der Waals surface area contributed by atoms with Gasteiger partial charge in [0.25, 0.3) is 0 Å². The Kier molecular flexibility index (Phi) is 4.92. The van der Waals surface area contributed by atoms with Gasteiger partial charge in [-0.25, -0.2) is 13.6 Å². The Morgan fingerprint density at radius 2 is 1.92 bits per heavy atom. The van der Waals surface area contributed by atoms with Gasteiger partial charge >= 0.3 is 5.97 Å². The molecule has 8 heteroatoms. The standard InChI is InChI=1S/C18H15F2N3O3/c1-10-3-5-11(6-4-10)17-22-16(26-23-17)9-21-15-7-12(18(24)25-2)13(19)8-14(15)20/h3-8,21H,9H2,1-2H3. The number of carbonyl (C=O) groups excluding carboxylic acids is 1. The van der Waals surface area contributed by atoms with E-state index >= 15 is 0 Å². The predicted octanol–water partition coefficient (Wildman–Crippen LogP) is 3.72. The van der Waals surface area contributed by atoms with Gasteiger partial charge in [0.2, 0.25) is 11.7 Å². The lowest BCUT2D eigenvalue weighted by Gasteiger charge is -2.08. The van der Waals surface area contributed by atoms with Gasteiger partial charge in [0, 0.05) is 11.6 Å². The number of aryl methyl sites for hydroxylation is 1. The van der Waals surface area contributed by atoms with Crippen molar-refractivity contribution in [3.63, 3.8) is 0 Å². The summed E-state index contributed by atoms with van der Waals surface area (Å²) < 4.78 is 37.1. The number of esters is 1. The van der Waals surface area contributed by atoms with E-state index in [4.69, 9.17) is 4.52 Å². The molecule has 0 aliphatic carbocycles. The number of halogens is 2. The molecule has 1 aromatic heterocycles. The zero-order valence-electron chi connectivity index (χ0n) is 14.0. The molecule has 3 aromatic rings. The van der Waals surface area contributed by atoms with Crippen LogP contribution >= 0.6 is 0 Å². The SMILES string of the molecule is COC(=O)c1cc(NCc2nc(-c3ccc(C)cc3)no2)c(F)cc1F. The zero-order chi connectivity index (χ0) is 18.7. The van der Waals surface area contributed by atoms with Crippen LogP contribution in [0.1, 0.15) is 21.8 Å². The van der Waals surface area contributed by atoms with Crippen molar-refractivity contribution in [1.29, 1.82) is 0 Å². The van der Waals surface area contributed by atoms with Crippen LogP contribution in [0.2, 0.25) is 0 Å². The zero-order valence-corrected chi connectivity index (χ0v) is 14.0. The maximum absolute atomic E-state index is 13.9. The smallest absolute Gasteiger partial charge is 0.340 e. The number of anilines is 1. The first kappa shape index (κ1) is 17.5. The van der Waals surface area contributed by atoms with Crippen LogP contribution in [-0.4, -0.2) is 23.2 Å². The number of aromatic nitrogens is 2. The van der Waals surface area contributed by atoms with Crippen LogP contribution in [0.4, 0.5) is 14.5 Å². The van der Waals surface area contributed by atoms with Gasteiger partial charge in [-0.15, -0.1) is 0 Å². The third-order valence-corrected chi connectivity index (χ3v) is 3.67. The molecule has 0 fully saturated rings. The summed E-state index contributed by atoms with van der Waals surface area (Å²) in [5.41, 5.74) is 1.43. The maximum atomic E-state index is 13.9. The van der Waals surface area contributed by atoms with E-state index in [-0.39, 0.29) is 23.7 Å². The van der Waals surface area contributed by atoms with Crippen LogP contribution in [0.15, 0.2) is 40.9 Å². The molecule has 134 valence electrons. The van der Waals surface area contributed by atoms with Crippen LogP contribution in [0.5, 0.6) is 0 Å². The van der Waals surface area contributed by atoms with Crippen molar-refractivity contribution in [2.24, 2.45) is 0 Å². The molecule has 0 saturated carbocycles. The van der Waals surface area contributed by atoms with Crippen molar-refractivity contribution in [2.75, 3.05) is 12.4 Å². The van der Waals surface area contributed by atoms with Gasteiger partial charge in [-0.05, 0) is 13.0 Å². The maximum Gasteiger partial charge on any atom is 0.340 e. The largest absolute Gasteiger partial charge is 0.465 e. The summed E-state index contributed by atoms with van der Waals surface area (Å²) in [4.78, 5) is 15.7. The molecular weight excluding hydrogens is 344 g/mol. The number of rotatable bonds is 5. The van der Waals surface area contributed by atoms with Crippen molar-refractivity contribution < 1.29 is 22.8 Å². The Bertz CT molecular complexity index is 939. The Morgan fingerprint density at radius 1 is 1.19 bits per heavy atom. The van der Waals surface area contributed by atoms with E-state index in [0.717, 1.165) is 24.3 Å². The lowest BCUT2D eigenvalue weighted by atomic mass is 10.1. The molecule has 0 saturated heterocycles. The lowest BCUT2D eigenvalue weighted by Crippen LogP contribution is -2.08. The highest BCUT2D eigenvalue weighted by molar-refractivity contribution is 5.90. The van der Waals surface area contributed by atoms with E-state index in [0.29, 0.717) is 11.9 Å². The van der Waals surface area contributed by atoms with Gasteiger partial charge in [-0.3, -0.25) is 0 Å². The monoisotopic (exact) mass is 359 g/mol. The van der Waals surface area contributed by atoms with Crippen molar-refractivity contribution >= 4 is 11.7 Å². The normalized spacial score (nSPS) is 10.6. The molecule has 0 aliphatic rings. The van der Waals surface area contributed by atoms with Gasteiger partial charge < -0.3 is 14.6 Å². The van der Waals surface area contributed by atoms with E-state index in [2.05, 4.69) is 20.2 Å². The first-order valence-electron chi connectivity index (χ1n) is 7.69. The highest BCUT2D eigenvalue weighted by Crippen LogP contribution is 2.21. The van der Waals surface area contributed by atoms with Crippen molar-refractivity contribution in [3.8, 4) is 11.4 Å². The average molecular weight is 359 g/mol. The first-order valence-corrected chi connectivity index (χ1v) is 7.69. The summed E-state index contributed by atoms with van der Waals surface area (Å²) in [5.74, 6) is -2.14. The minimum absolute atomic E-state index is 0.00201. The molecule has 0 aliphatic heterocycles. The van der Waals surface area contributed by atoms with Gasteiger partial charge in [0.1, 0.15) is 11.6 Å². The molecule has 0 radical (unpaired) electrons. The van der Waals surface area contributed by atoms with Gasteiger partial charge in [-0.2, -0.15) is 4.98 Å². The first-order chi connectivity index (χ1) is 12.5. The number of nitrogens with zero attached hydrogens (tertiary/aromatic N) is 2. The van der Waals surface area contributed by atoms with Crippen LogP contribution in [-0.2, 0) is 11.3 Å². The second-order valence-corrected chi connectivity index (χ2v) is 5.53. The Balaban J connectivity index is 1.75. The number of hydrogen-bond donors (Lipinski definition) is 1. The molecule has 1 heterocycles. The van der Waals surface area contributed by atoms with E-state index in [1.807, 2.05) is 31.2 Å². The third kappa shape index (κ3) is 3.69. The number of ether oxygens (including phenoxy) is 1. The van der Waals surface area contributed by atoms with E-state index < -0.39 is 17.6 Å². The quantitative estimate of drug-likeness (QED) is 0.700. The molecule has 2 aromatic carbocycles. The topological polar surface area (TPSA) is 77.2 Å².